The van der Waals surface area contributed by atoms with Crippen LogP contribution >= 0.6 is 11.3 Å². The molecule has 1 atom stereocenters. The van der Waals surface area contributed by atoms with E-state index in [9.17, 15) is 14.8 Å². The number of hydrogen-bond acceptors (Lipinski definition) is 4. The number of rotatable bonds is 4. The van der Waals surface area contributed by atoms with Gasteiger partial charge in [0.1, 0.15) is 6.17 Å². The van der Waals surface area contributed by atoms with E-state index in [0.29, 0.717) is 9.94 Å². The summed E-state index contributed by atoms with van der Waals surface area (Å²) in [6.07, 6.45) is 3.44. The Bertz CT molecular complexity index is 457. The van der Waals surface area contributed by atoms with E-state index in [4.69, 9.17) is 0 Å². The van der Waals surface area contributed by atoms with Gasteiger partial charge in [-0.1, -0.05) is 18.9 Å². The molecule has 0 saturated heterocycles. The lowest BCUT2D eigenvalue weighted by Crippen LogP contribution is -2.51. The first-order valence-corrected chi connectivity index (χ1v) is 7.59. The molecule has 1 unspecified atom stereocenters. The van der Waals surface area contributed by atoms with E-state index >= 15 is 0 Å². The molecular weight excluding hydrogens is 278 g/mol. The molecule has 1 heterocycles. The number of carbonyl (C=O) groups is 2. The summed E-state index contributed by atoms with van der Waals surface area (Å²) in [6, 6.07) is 3.20. The van der Waals surface area contributed by atoms with Gasteiger partial charge in [-0.2, -0.15) is 5.06 Å². The third-order valence-electron chi connectivity index (χ3n) is 3.34. The van der Waals surface area contributed by atoms with Crippen molar-refractivity contribution in [2.24, 2.45) is 0 Å². The number of amides is 3. The van der Waals surface area contributed by atoms with Crippen LogP contribution in [0.1, 0.15) is 42.3 Å². The zero-order valence-electron chi connectivity index (χ0n) is 11.3. The number of nitrogens with zero attached hydrogens (tertiary/aromatic N) is 1. The molecule has 20 heavy (non-hydrogen) atoms. The second kappa shape index (κ2) is 6.71. The fourth-order valence-corrected chi connectivity index (χ4v) is 2.89. The minimum Gasteiger partial charge on any atom is -0.335 e. The lowest BCUT2D eigenvalue weighted by Gasteiger charge is -2.24. The molecule has 7 heteroatoms. The molecule has 0 radical (unpaired) electrons. The SMILES string of the molecule is CC(NC(=O)NC1CCCC1)N(O)C(=O)c1cccs1. The van der Waals surface area contributed by atoms with Crippen LogP contribution in [0.25, 0.3) is 0 Å². The van der Waals surface area contributed by atoms with Crippen molar-refractivity contribution in [1.29, 1.82) is 0 Å². The van der Waals surface area contributed by atoms with Crippen LogP contribution in [0.2, 0.25) is 0 Å². The summed E-state index contributed by atoms with van der Waals surface area (Å²) >= 11 is 1.24. The Labute approximate surface area is 121 Å². The van der Waals surface area contributed by atoms with Gasteiger partial charge in [0.2, 0.25) is 0 Å². The monoisotopic (exact) mass is 297 g/mol. The van der Waals surface area contributed by atoms with Gasteiger partial charge >= 0.3 is 6.03 Å². The van der Waals surface area contributed by atoms with Crippen molar-refractivity contribution in [2.75, 3.05) is 0 Å². The van der Waals surface area contributed by atoms with Gasteiger partial charge in [0.25, 0.3) is 5.91 Å². The third kappa shape index (κ3) is 3.71. The molecule has 1 aliphatic carbocycles. The molecule has 1 aromatic heterocycles. The minimum absolute atomic E-state index is 0.197. The van der Waals surface area contributed by atoms with E-state index in [1.807, 2.05) is 0 Å². The normalized spacial score (nSPS) is 16.7. The number of thiophene rings is 1. The van der Waals surface area contributed by atoms with E-state index in [2.05, 4.69) is 10.6 Å². The van der Waals surface area contributed by atoms with Gasteiger partial charge in [-0.05, 0) is 31.2 Å². The van der Waals surface area contributed by atoms with E-state index in [1.54, 1.807) is 24.4 Å². The summed E-state index contributed by atoms with van der Waals surface area (Å²) in [7, 11) is 0. The van der Waals surface area contributed by atoms with Crippen molar-refractivity contribution in [2.45, 2.75) is 44.8 Å². The van der Waals surface area contributed by atoms with Gasteiger partial charge in [0.15, 0.2) is 0 Å². The van der Waals surface area contributed by atoms with Crippen molar-refractivity contribution in [3.8, 4) is 0 Å². The fraction of sp³-hybridized carbons (Fsp3) is 0.538. The van der Waals surface area contributed by atoms with E-state index in [0.717, 1.165) is 25.7 Å². The summed E-state index contributed by atoms with van der Waals surface area (Å²) < 4.78 is 0. The highest BCUT2D eigenvalue weighted by Crippen LogP contribution is 2.17. The van der Waals surface area contributed by atoms with Gasteiger partial charge in [0, 0.05) is 6.04 Å². The maximum absolute atomic E-state index is 11.9. The summed E-state index contributed by atoms with van der Waals surface area (Å²) in [5.74, 6) is -0.520. The lowest BCUT2D eigenvalue weighted by molar-refractivity contribution is -0.0886. The highest BCUT2D eigenvalue weighted by atomic mass is 32.1. The smallest absolute Gasteiger partial charge is 0.316 e. The Balaban J connectivity index is 1.82. The predicted molar refractivity (Wildman–Crippen MR) is 75.7 cm³/mol. The van der Waals surface area contributed by atoms with Crippen LogP contribution in [-0.4, -0.2) is 34.4 Å². The second-order valence-corrected chi connectivity index (χ2v) is 5.85. The quantitative estimate of drug-likeness (QED) is 0.452. The van der Waals surface area contributed by atoms with Crippen molar-refractivity contribution in [1.82, 2.24) is 15.7 Å². The Morgan fingerprint density at radius 1 is 1.45 bits per heavy atom. The maximum Gasteiger partial charge on any atom is 0.316 e. The minimum atomic E-state index is -0.786. The molecular formula is C13H19N3O3S. The first-order valence-electron chi connectivity index (χ1n) is 6.71. The van der Waals surface area contributed by atoms with Crippen LogP contribution in [-0.2, 0) is 0 Å². The predicted octanol–water partition coefficient (Wildman–Crippen LogP) is 2.17. The van der Waals surface area contributed by atoms with Gasteiger partial charge < -0.3 is 10.6 Å². The lowest BCUT2D eigenvalue weighted by atomic mass is 10.2. The van der Waals surface area contributed by atoms with Crippen molar-refractivity contribution < 1.29 is 14.8 Å². The number of urea groups is 1. The molecule has 0 aromatic carbocycles. The Hall–Kier alpha value is -1.60. The first kappa shape index (κ1) is 14.8. The molecule has 110 valence electrons. The number of nitrogens with one attached hydrogen (secondary N) is 2. The second-order valence-electron chi connectivity index (χ2n) is 4.90. The Kier molecular flexibility index (Phi) is 4.97. The highest BCUT2D eigenvalue weighted by molar-refractivity contribution is 7.12. The average molecular weight is 297 g/mol. The maximum atomic E-state index is 11.9. The summed E-state index contributed by atoms with van der Waals surface area (Å²) in [4.78, 5) is 24.1. The van der Waals surface area contributed by atoms with Gasteiger partial charge in [-0.15, -0.1) is 11.3 Å². The Morgan fingerprint density at radius 2 is 2.15 bits per heavy atom. The molecule has 3 N–H and O–H groups in total. The fourth-order valence-electron chi connectivity index (χ4n) is 2.24. The van der Waals surface area contributed by atoms with Crippen molar-refractivity contribution in [3.05, 3.63) is 22.4 Å². The van der Waals surface area contributed by atoms with Crippen molar-refractivity contribution in [3.63, 3.8) is 0 Å². The Morgan fingerprint density at radius 3 is 2.75 bits per heavy atom. The molecule has 2 rings (SSSR count). The number of hydrogen-bond donors (Lipinski definition) is 3. The number of hydroxylamine groups is 2. The zero-order valence-corrected chi connectivity index (χ0v) is 12.2. The van der Waals surface area contributed by atoms with Gasteiger partial charge in [0.05, 0.1) is 4.88 Å². The van der Waals surface area contributed by atoms with Crippen molar-refractivity contribution >= 4 is 23.3 Å². The number of carbonyl (C=O) groups excluding carboxylic acids is 2. The largest absolute Gasteiger partial charge is 0.335 e. The standard InChI is InChI=1S/C13H19N3O3S/c1-9(14-13(18)15-10-5-2-3-6-10)16(19)12(17)11-7-4-8-20-11/h4,7-10,19H,2-3,5-6H2,1H3,(H2,14,15,18). The van der Waals surface area contributed by atoms with E-state index in [1.165, 1.54) is 11.3 Å². The van der Waals surface area contributed by atoms with E-state index < -0.39 is 12.1 Å². The first-order chi connectivity index (χ1) is 9.58. The highest BCUT2D eigenvalue weighted by Gasteiger charge is 2.23. The molecule has 1 aromatic rings. The molecule has 0 bridgehead atoms. The molecule has 1 aliphatic rings. The summed E-state index contributed by atoms with van der Waals surface area (Å²) in [6.45, 7) is 1.56. The van der Waals surface area contributed by atoms with Crippen LogP contribution < -0.4 is 10.6 Å². The molecule has 1 fully saturated rings. The van der Waals surface area contributed by atoms with Crippen LogP contribution in [0, 0.1) is 0 Å². The zero-order chi connectivity index (χ0) is 14.5. The average Bonchev–Trinajstić information content (AvgIpc) is 3.09. The van der Waals surface area contributed by atoms with Crippen LogP contribution in [0.15, 0.2) is 17.5 Å². The molecule has 3 amide bonds. The molecule has 6 nitrogen and oxygen atoms in total. The van der Waals surface area contributed by atoms with Gasteiger partial charge in [-0.25, -0.2) is 4.79 Å². The molecule has 0 aliphatic heterocycles. The topological polar surface area (TPSA) is 81.7 Å². The van der Waals surface area contributed by atoms with Crippen LogP contribution in [0.4, 0.5) is 4.79 Å². The van der Waals surface area contributed by atoms with Gasteiger partial charge in [-0.3, -0.25) is 10.0 Å². The summed E-state index contributed by atoms with van der Waals surface area (Å²) in [5, 5.41) is 17.5. The van der Waals surface area contributed by atoms with Crippen LogP contribution in [0.5, 0.6) is 0 Å². The van der Waals surface area contributed by atoms with E-state index in [-0.39, 0.29) is 12.1 Å². The summed E-state index contributed by atoms with van der Waals surface area (Å²) in [5.41, 5.74) is 0. The van der Waals surface area contributed by atoms with Crippen LogP contribution in [0.3, 0.4) is 0 Å². The molecule has 0 spiro atoms. The molecule has 1 saturated carbocycles. The third-order valence-corrected chi connectivity index (χ3v) is 4.20.